The highest BCUT2D eigenvalue weighted by Crippen LogP contribution is 2.24. The highest BCUT2D eigenvalue weighted by atomic mass is 35.5. The summed E-state index contributed by atoms with van der Waals surface area (Å²) < 4.78 is 7.46. The predicted octanol–water partition coefficient (Wildman–Crippen LogP) is 2.01. The number of hydrogen-bond acceptors (Lipinski definition) is 4. The third-order valence-corrected chi connectivity index (χ3v) is 3.47. The van der Waals surface area contributed by atoms with Crippen LogP contribution in [0.25, 0.3) is 11.2 Å². The summed E-state index contributed by atoms with van der Waals surface area (Å²) >= 11 is 6.27. The lowest BCUT2D eigenvalue weighted by Gasteiger charge is -2.31. The summed E-state index contributed by atoms with van der Waals surface area (Å²) in [5, 5.41) is 2.05. The first-order valence-electron chi connectivity index (χ1n) is 6.50. The van der Waals surface area contributed by atoms with Crippen molar-refractivity contribution in [3.63, 3.8) is 0 Å². The van der Waals surface area contributed by atoms with E-state index in [1.54, 1.807) is 0 Å². The summed E-state index contributed by atoms with van der Waals surface area (Å²) in [4.78, 5) is 9.23. The van der Waals surface area contributed by atoms with Crippen LogP contribution in [0.3, 0.4) is 0 Å². The first kappa shape index (κ1) is 12.7. The topological polar surface area (TPSA) is 43.2 Å². The average Bonchev–Trinajstić information content (AvgIpc) is 2.78. The van der Waals surface area contributed by atoms with Gasteiger partial charge in [-0.05, 0) is 26.0 Å². The molecule has 0 aromatic carbocycles. The molecule has 102 valence electrons. The van der Waals surface area contributed by atoms with Crippen LogP contribution in [0.2, 0.25) is 0 Å². The van der Waals surface area contributed by atoms with E-state index in [4.69, 9.17) is 16.3 Å². The minimum Gasteiger partial charge on any atom is -0.378 e. The molecular weight excluding hydrogens is 264 g/mol. The molecule has 19 heavy (non-hydrogen) atoms. The van der Waals surface area contributed by atoms with E-state index in [9.17, 15) is 0 Å². The van der Waals surface area contributed by atoms with Crippen LogP contribution in [-0.4, -0.2) is 40.9 Å². The lowest BCUT2D eigenvalue weighted by Crippen LogP contribution is -2.44. The standard InChI is InChI=1S/C13H17ClN4O/c1-9-3-4-11-13(15-9)18(12(16-11)10(2)14)17-5-7-19-8-6-17/h3-4,10H,5-8H2,1-2H3. The average molecular weight is 281 g/mol. The number of morpholine rings is 1. The largest absolute Gasteiger partial charge is 0.378 e. The van der Waals surface area contributed by atoms with Crippen molar-refractivity contribution < 1.29 is 4.74 Å². The predicted molar refractivity (Wildman–Crippen MR) is 75.3 cm³/mol. The fourth-order valence-corrected chi connectivity index (χ4v) is 2.49. The molecule has 0 aliphatic carbocycles. The summed E-state index contributed by atoms with van der Waals surface area (Å²) in [7, 11) is 0. The number of halogens is 1. The maximum absolute atomic E-state index is 6.27. The first-order chi connectivity index (χ1) is 9.16. The number of alkyl halides is 1. The van der Waals surface area contributed by atoms with Gasteiger partial charge in [0.15, 0.2) is 5.65 Å². The van der Waals surface area contributed by atoms with Crippen molar-refractivity contribution >= 4 is 22.8 Å². The molecule has 0 saturated carbocycles. The van der Waals surface area contributed by atoms with Gasteiger partial charge in [0.25, 0.3) is 0 Å². The number of aryl methyl sites for hydroxylation is 1. The summed E-state index contributed by atoms with van der Waals surface area (Å²) in [5.74, 6) is 0.844. The molecule has 1 saturated heterocycles. The molecule has 0 bridgehead atoms. The highest BCUT2D eigenvalue weighted by molar-refractivity contribution is 6.20. The maximum atomic E-state index is 6.27. The Morgan fingerprint density at radius 1 is 1.26 bits per heavy atom. The number of hydrogen-bond donors (Lipinski definition) is 0. The van der Waals surface area contributed by atoms with Crippen molar-refractivity contribution in [1.82, 2.24) is 14.6 Å². The number of nitrogens with zero attached hydrogens (tertiary/aromatic N) is 4. The van der Waals surface area contributed by atoms with Crippen LogP contribution in [0.5, 0.6) is 0 Å². The third-order valence-electron chi connectivity index (χ3n) is 3.27. The Hall–Kier alpha value is -1.33. The summed E-state index contributed by atoms with van der Waals surface area (Å²) in [5.41, 5.74) is 2.75. The van der Waals surface area contributed by atoms with Gasteiger partial charge in [-0.15, -0.1) is 11.6 Å². The number of rotatable bonds is 2. The van der Waals surface area contributed by atoms with Crippen LogP contribution in [0.4, 0.5) is 0 Å². The third kappa shape index (κ3) is 2.28. The minimum absolute atomic E-state index is 0.155. The van der Waals surface area contributed by atoms with E-state index in [1.165, 1.54) is 0 Å². The quantitative estimate of drug-likeness (QED) is 0.790. The van der Waals surface area contributed by atoms with Gasteiger partial charge >= 0.3 is 0 Å². The molecule has 2 aromatic heterocycles. The minimum atomic E-state index is -0.155. The Morgan fingerprint density at radius 3 is 2.68 bits per heavy atom. The van der Waals surface area contributed by atoms with E-state index in [1.807, 2.05) is 26.0 Å². The molecular formula is C13H17ClN4O. The van der Waals surface area contributed by atoms with Crippen molar-refractivity contribution in [2.45, 2.75) is 19.2 Å². The number of pyridine rings is 1. The van der Waals surface area contributed by atoms with Crippen LogP contribution in [-0.2, 0) is 4.74 Å². The summed E-state index contributed by atoms with van der Waals surface area (Å²) in [6.07, 6.45) is 0. The second-order valence-electron chi connectivity index (χ2n) is 4.76. The SMILES string of the molecule is Cc1ccc2nc(C(C)Cl)n(N3CCOCC3)c2n1. The van der Waals surface area contributed by atoms with Crippen molar-refractivity contribution in [3.8, 4) is 0 Å². The van der Waals surface area contributed by atoms with Gasteiger partial charge < -0.3 is 9.75 Å². The number of fused-ring (bicyclic) bond motifs is 1. The number of aromatic nitrogens is 3. The van der Waals surface area contributed by atoms with Gasteiger partial charge in [0, 0.05) is 5.69 Å². The van der Waals surface area contributed by atoms with Crippen LogP contribution < -0.4 is 5.01 Å². The Morgan fingerprint density at radius 2 is 2.00 bits per heavy atom. The number of ether oxygens (including phenoxy) is 1. The molecule has 0 amide bonds. The van der Waals surface area contributed by atoms with E-state index in [0.29, 0.717) is 0 Å². The zero-order valence-electron chi connectivity index (χ0n) is 11.1. The smallest absolute Gasteiger partial charge is 0.179 e. The van der Waals surface area contributed by atoms with Crippen molar-refractivity contribution in [2.24, 2.45) is 0 Å². The molecule has 3 rings (SSSR count). The first-order valence-corrected chi connectivity index (χ1v) is 6.93. The molecule has 3 heterocycles. The normalized spacial score (nSPS) is 17.9. The molecule has 0 radical (unpaired) electrons. The zero-order valence-corrected chi connectivity index (χ0v) is 11.9. The molecule has 1 atom stereocenters. The van der Waals surface area contributed by atoms with E-state index < -0.39 is 0 Å². The Bertz CT molecular complexity index is 590. The van der Waals surface area contributed by atoms with Crippen LogP contribution >= 0.6 is 11.6 Å². The number of imidazole rings is 1. The molecule has 2 aromatic rings. The second kappa shape index (κ2) is 4.98. The van der Waals surface area contributed by atoms with Gasteiger partial charge in [-0.25, -0.2) is 14.6 Å². The Balaban J connectivity index is 2.17. The van der Waals surface area contributed by atoms with Gasteiger partial charge in [-0.1, -0.05) is 0 Å². The molecule has 0 N–H and O–H groups in total. The highest BCUT2D eigenvalue weighted by Gasteiger charge is 2.22. The van der Waals surface area contributed by atoms with Gasteiger partial charge in [0.05, 0.1) is 31.7 Å². The van der Waals surface area contributed by atoms with Crippen LogP contribution in [0, 0.1) is 6.92 Å². The molecule has 1 aliphatic heterocycles. The Labute approximate surface area is 117 Å². The van der Waals surface area contributed by atoms with E-state index in [0.717, 1.165) is 49.0 Å². The maximum Gasteiger partial charge on any atom is 0.179 e. The van der Waals surface area contributed by atoms with E-state index in [2.05, 4.69) is 19.7 Å². The lowest BCUT2D eigenvalue weighted by molar-refractivity contribution is 0.111. The fraction of sp³-hybridized carbons (Fsp3) is 0.538. The molecule has 5 nitrogen and oxygen atoms in total. The van der Waals surface area contributed by atoms with Gasteiger partial charge in [0.2, 0.25) is 0 Å². The lowest BCUT2D eigenvalue weighted by atomic mass is 10.3. The molecule has 6 heteroatoms. The van der Waals surface area contributed by atoms with Gasteiger partial charge in [-0.3, -0.25) is 0 Å². The molecule has 1 fully saturated rings. The monoisotopic (exact) mass is 280 g/mol. The molecule has 0 spiro atoms. The van der Waals surface area contributed by atoms with Crippen LogP contribution in [0.15, 0.2) is 12.1 Å². The van der Waals surface area contributed by atoms with Gasteiger partial charge in [-0.2, -0.15) is 0 Å². The van der Waals surface area contributed by atoms with Crippen LogP contribution in [0.1, 0.15) is 23.8 Å². The van der Waals surface area contributed by atoms with Crippen molar-refractivity contribution in [3.05, 3.63) is 23.7 Å². The Kier molecular flexibility index (Phi) is 3.33. The molecule has 1 aliphatic rings. The summed E-state index contributed by atoms with van der Waals surface area (Å²) in [6.45, 7) is 7.03. The zero-order chi connectivity index (χ0) is 13.4. The van der Waals surface area contributed by atoms with E-state index >= 15 is 0 Å². The van der Waals surface area contributed by atoms with Crippen molar-refractivity contribution in [1.29, 1.82) is 0 Å². The second-order valence-corrected chi connectivity index (χ2v) is 5.41. The molecule has 1 unspecified atom stereocenters. The fourth-order valence-electron chi connectivity index (χ4n) is 2.35. The summed E-state index contributed by atoms with van der Waals surface area (Å²) in [6, 6.07) is 3.97. The van der Waals surface area contributed by atoms with Gasteiger partial charge in [0.1, 0.15) is 11.3 Å². The van der Waals surface area contributed by atoms with E-state index in [-0.39, 0.29) is 5.38 Å². The van der Waals surface area contributed by atoms with Crippen molar-refractivity contribution in [2.75, 3.05) is 31.3 Å².